The molecule has 1 amide bonds. The summed E-state index contributed by atoms with van der Waals surface area (Å²) < 4.78 is 10.6. The van der Waals surface area contributed by atoms with E-state index in [1.54, 1.807) is 51.6 Å². The molecule has 0 aromatic heterocycles. The molecule has 39 heavy (non-hydrogen) atoms. The molecule has 0 atom stereocenters. The van der Waals surface area contributed by atoms with Gasteiger partial charge >= 0.3 is 11.9 Å². The van der Waals surface area contributed by atoms with Crippen molar-refractivity contribution >= 4 is 35.4 Å². The van der Waals surface area contributed by atoms with E-state index in [9.17, 15) is 19.2 Å². The number of ketones is 1. The first-order valence-corrected chi connectivity index (χ1v) is 14.5. The van der Waals surface area contributed by atoms with E-state index in [4.69, 9.17) is 9.47 Å². The summed E-state index contributed by atoms with van der Waals surface area (Å²) in [4.78, 5) is 55.5. The number of hydrogen-bond donors (Lipinski definition) is 1. The molecule has 0 aliphatic carbocycles. The molecule has 2 aromatic carbocycles. The van der Waals surface area contributed by atoms with Crippen LogP contribution in [0.2, 0.25) is 0 Å². The highest BCUT2D eigenvalue weighted by Crippen LogP contribution is 2.44. The Kier molecular flexibility index (Phi) is 12.2. The number of benzene rings is 2. The molecule has 2 aromatic rings. The smallest absolute Gasteiger partial charge is 0.344 e. The van der Waals surface area contributed by atoms with E-state index in [2.05, 4.69) is 36.5 Å². The lowest BCUT2D eigenvalue weighted by atomic mass is 9.61. The Morgan fingerprint density at radius 3 is 1.67 bits per heavy atom. The third kappa shape index (κ3) is 7.10. The van der Waals surface area contributed by atoms with Gasteiger partial charge in [-0.3, -0.25) is 9.59 Å². The highest BCUT2D eigenvalue weighted by atomic mass is 32.2. The third-order valence-electron chi connectivity index (χ3n) is 6.98. The number of unbranched alkanes of at least 4 members (excludes halogenated alkanes) is 1. The summed E-state index contributed by atoms with van der Waals surface area (Å²) in [7, 11) is 0. The molecule has 2 rings (SSSR count). The van der Waals surface area contributed by atoms with Gasteiger partial charge in [-0.15, -0.1) is 0 Å². The Labute approximate surface area is 236 Å². The Balaban J connectivity index is 2.48. The fourth-order valence-corrected chi connectivity index (χ4v) is 5.72. The number of carbonyl (C=O) groups excluding carboxylic acids is 4. The van der Waals surface area contributed by atoms with Crippen molar-refractivity contribution < 1.29 is 28.7 Å². The molecule has 0 unspecified atom stereocenters. The molecule has 0 fully saturated rings. The standard InChI is InChI=1S/C31H41NO6S/c1-7-12-13-23-14-18-25(19-15-23)39-26-20-16-24(17-21-26)27(34)30(8-2,9-3)31(32-22(6)33,28(35)37-10-4)29(36)38-11-5/h14-21H,7-13H2,1-6H3,(H,32,33). The topological polar surface area (TPSA) is 98.8 Å². The molecule has 0 spiro atoms. The molecule has 212 valence electrons. The molecule has 0 radical (unpaired) electrons. The van der Waals surface area contributed by atoms with Gasteiger partial charge in [-0.1, -0.05) is 63.2 Å². The van der Waals surface area contributed by atoms with Gasteiger partial charge in [-0.2, -0.15) is 0 Å². The van der Waals surface area contributed by atoms with E-state index in [-0.39, 0.29) is 26.1 Å². The third-order valence-corrected chi connectivity index (χ3v) is 8.00. The van der Waals surface area contributed by atoms with Crippen LogP contribution in [0.3, 0.4) is 0 Å². The van der Waals surface area contributed by atoms with Crippen LogP contribution in [-0.2, 0) is 30.3 Å². The second-order valence-corrected chi connectivity index (χ2v) is 10.5. The van der Waals surface area contributed by atoms with Crippen LogP contribution in [0, 0.1) is 5.41 Å². The number of rotatable bonds is 15. The number of Topliss-reactive ketones (excluding diaryl/α,β-unsaturated/α-hetero) is 1. The highest BCUT2D eigenvalue weighted by molar-refractivity contribution is 7.99. The summed E-state index contributed by atoms with van der Waals surface area (Å²) in [6.07, 6.45) is 3.55. The molecular formula is C31H41NO6S. The molecule has 0 aliphatic heterocycles. The Morgan fingerprint density at radius 1 is 0.769 bits per heavy atom. The average molecular weight is 556 g/mol. The lowest BCUT2D eigenvalue weighted by Crippen LogP contribution is -2.72. The predicted octanol–water partition coefficient (Wildman–Crippen LogP) is 6.17. The lowest BCUT2D eigenvalue weighted by Gasteiger charge is -2.45. The van der Waals surface area contributed by atoms with E-state index in [1.807, 2.05) is 12.1 Å². The van der Waals surface area contributed by atoms with Crippen LogP contribution in [0.25, 0.3) is 0 Å². The molecular weight excluding hydrogens is 514 g/mol. The zero-order valence-corrected chi connectivity index (χ0v) is 24.7. The molecule has 8 heteroatoms. The number of esters is 2. The maximum Gasteiger partial charge on any atom is 0.344 e. The lowest BCUT2D eigenvalue weighted by molar-refractivity contribution is -0.175. The fraction of sp³-hybridized carbons (Fsp3) is 0.484. The minimum atomic E-state index is -2.33. The van der Waals surface area contributed by atoms with Crippen LogP contribution in [-0.4, -0.2) is 42.4 Å². The first kappa shape index (κ1) is 32.1. The van der Waals surface area contributed by atoms with Gasteiger partial charge in [0.1, 0.15) is 0 Å². The Hall–Kier alpha value is -3.13. The van der Waals surface area contributed by atoms with Gasteiger partial charge in [0.15, 0.2) is 5.78 Å². The minimum absolute atomic E-state index is 0.0389. The number of nitrogens with one attached hydrogen (secondary N) is 1. The number of ether oxygens (including phenoxy) is 2. The van der Waals surface area contributed by atoms with Crippen LogP contribution < -0.4 is 5.32 Å². The minimum Gasteiger partial charge on any atom is -0.464 e. The van der Waals surface area contributed by atoms with E-state index in [0.29, 0.717) is 5.56 Å². The van der Waals surface area contributed by atoms with Gasteiger partial charge in [0, 0.05) is 22.3 Å². The molecule has 0 saturated carbocycles. The summed E-state index contributed by atoms with van der Waals surface area (Å²) >= 11 is 1.58. The predicted molar refractivity (Wildman–Crippen MR) is 153 cm³/mol. The first-order chi connectivity index (χ1) is 18.6. The van der Waals surface area contributed by atoms with Gasteiger partial charge in [0.05, 0.1) is 18.6 Å². The van der Waals surface area contributed by atoms with E-state index in [0.717, 1.165) is 29.1 Å². The largest absolute Gasteiger partial charge is 0.464 e. The molecule has 0 heterocycles. The summed E-state index contributed by atoms with van der Waals surface area (Å²) in [5, 5.41) is 2.50. The van der Waals surface area contributed by atoms with Crippen molar-refractivity contribution in [1.82, 2.24) is 5.32 Å². The average Bonchev–Trinajstić information content (AvgIpc) is 2.93. The number of hydrogen-bond acceptors (Lipinski definition) is 7. The van der Waals surface area contributed by atoms with Crippen molar-refractivity contribution in [3.05, 3.63) is 59.7 Å². The maximum absolute atomic E-state index is 14.2. The highest BCUT2D eigenvalue weighted by Gasteiger charge is 2.66. The van der Waals surface area contributed by atoms with Gasteiger partial charge in [-0.25, -0.2) is 9.59 Å². The zero-order valence-electron chi connectivity index (χ0n) is 23.9. The Morgan fingerprint density at radius 2 is 1.26 bits per heavy atom. The summed E-state index contributed by atoms with van der Waals surface area (Å²) in [6, 6.07) is 15.5. The normalized spacial score (nSPS) is 11.5. The zero-order chi connectivity index (χ0) is 29.1. The van der Waals surface area contributed by atoms with Gasteiger partial charge in [0.2, 0.25) is 11.4 Å². The number of carbonyl (C=O) groups is 4. The summed E-state index contributed by atoms with van der Waals surface area (Å²) in [6.45, 7) is 9.91. The fourth-order valence-electron chi connectivity index (χ4n) is 4.90. The molecule has 0 bridgehead atoms. The van der Waals surface area contributed by atoms with Crippen molar-refractivity contribution in [1.29, 1.82) is 0 Å². The Bertz CT molecular complexity index is 1100. The van der Waals surface area contributed by atoms with Crippen LogP contribution in [0.4, 0.5) is 0 Å². The van der Waals surface area contributed by atoms with Crippen molar-refractivity contribution in [2.75, 3.05) is 13.2 Å². The van der Waals surface area contributed by atoms with Crippen LogP contribution in [0.5, 0.6) is 0 Å². The summed E-state index contributed by atoms with van der Waals surface area (Å²) in [5.74, 6) is -3.11. The SMILES string of the molecule is CCCCc1ccc(Sc2ccc(C(=O)C(CC)(CC)C(NC(C)=O)(C(=O)OCC)C(=O)OCC)cc2)cc1. The maximum atomic E-state index is 14.2. The van der Waals surface area contributed by atoms with Crippen molar-refractivity contribution in [2.45, 2.75) is 89.0 Å². The number of amides is 1. The van der Waals surface area contributed by atoms with Crippen molar-refractivity contribution in [3.8, 4) is 0 Å². The van der Waals surface area contributed by atoms with Gasteiger partial charge in [0.25, 0.3) is 0 Å². The number of aryl methyl sites for hydroxylation is 1. The van der Waals surface area contributed by atoms with E-state index >= 15 is 0 Å². The summed E-state index contributed by atoms with van der Waals surface area (Å²) in [5.41, 5.74) is -2.34. The quantitative estimate of drug-likeness (QED) is 0.159. The van der Waals surface area contributed by atoms with Crippen LogP contribution in [0.1, 0.15) is 83.1 Å². The van der Waals surface area contributed by atoms with E-state index in [1.165, 1.54) is 12.5 Å². The first-order valence-electron chi connectivity index (χ1n) is 13.7. The van der Waals surface area contributed by atoms with Crippen LogP contribution in [0.15, 0.2) is 58.3 Å². The molecule has 0 aliphatic rings. The van der Waals surface area contributed by atoms with Crippen molar-refractivity contribution in [2.24, 2.45) is 5.41 Å². The van der Waals surface area contributed by atoms with Gasteiger partial charge < -0.3 is 14.8 Å². The van der Waals surface area contributed by atoms with Gasteiger partial charge in [-0.05, 0) is 69.4 Å². The van der Waals surface area contributed by atoms with Crippen molar-refractivity contribution in [3.63, 3.8) is 0 Å². The van der Waals surface area contributed by atoms with Crippen LogP contribution >= 0.6 is 11.8 Å². The molecule has 1 N–H and O–H groups in total. The molecule has 0 saturated heterocycles. The van der Waals surface area contributed by atoms with E-state index < -0.39 is 34.6 Å². The molecule has 7 nitrogen and oxygen atoms in total. The second kappa shape index (κ2) is 14.9. The second-order valence-electron chi connectivity index (χ2n) is 9.36. The monoisotopic (exact) mass is 555 g/mol.